The topological polar surface area (TPSA) is 78.9 Å². The fourth-order valence-corrected chi connectivity index (χ4v) is 0.485. The highest BCUT2D eigenvalue weighted by Crippen LogP contribution is 1.91. The molecule has 50 valence electrons. The summed E-state index contributed by atoms with van der Waals surface area (Å²) in [6, 6.07) is 1.71. The Morgan fingerprint density at radius 3 is 2.90 bits per heavy atom. The monoisotopic (exact) mass is 137 g/mol. The molecule has 1 heterocycles. The van der Waals surface area contributed by atoms with Gasteiger partial charge in [-0.2, -0.15) is 5.26 Å². The second kappa shape index (κ2) is 2.19. The van der Waals surface area contributed by atoms with Crippen LogP contribution in [0.2, 0.25) is 0 Å². The van der Waals surface area contributed by atoms with E-state index in [2.05, 4.69) is 4.98 Å². The van der Waals surface area contributed by atoms with E-state index in [1.165, 1.54) is 0 Å². The summed E-state index contributed by atoms with van der Waals surface area (Å²) in [5.74, 6) is 0. The third-order valence-corrected chi connectivity index (χ3v) is 0.918. The van der Waals surface area contributed by atoms with Gasteiger partial charge >= 0.3 is 6.09 Å². The zero-order valence-corrected chi connectivity index (χ0v) is 4.85. The number of aromatic nitrogens is 2. The van der Waals surface area contributed by atoms with Crippen molar-refractivity contribution in [2.45, 2.75) is 0 Å². The van der Waals surface area contributed by atoms with Crippen LogP contribution in [0.15, 0.2) is 12.5 Å². The van der Waals surface area contributed by atoms with Crippen LogP contribution in [0.1, 0.15) is 5.69 Å². The van der Waals surface area contributed by atoms with Gasteiger partial charge in [-0.05, 0) is 0 Å². The highest BCUT2D eigenvalue weighted by molar-refractivity contribution is 5.67. The lowest BCUT2D eigenvalue weighted by Gasteiger charge is -1.85. The van der Waals surface area contributed by atoms with Crippen LogP contribution in [-0.4, -0.2) is 20.8 Å². The van der Waals surface area contributed by atoms with Crippen molar-refractivity contribution in [3.8, 4) is 6.07 Å². The average molecular weight is 137 g/mol. The third kappa shape index (κ3) is 0.951. The molecule has 0 aliphatic carbocycles. The van der Waals surface area contributed by atoms with Gasteiger partial charge in [0.2, 0.25) is 0 Å². The van der Waals surface area contributed by atoms with Crippen molar-refractivity contribution in [3.63, 3.8) is 0 Å². The predicted octanol–water partition coefficient (Wildman–Crippen LogP) is 0.281. The summed E-state index contributed by atoms with van der Waals surface area (Å²) in [6.45, 7) is 0. The first-order valence-electron chi connectivity index (χ1n) is 2.41. The summed E-state index contributed by atoms with van der Waals surface area (Å²) in [5, 5.41) is 16.5. The number of carboxylic acid groups (broad SMARTS) is 1. The lowest BCUT2D eigenvalue weighted by molar-refractivity contribution is 0.196. The molecule has 0 aliphatic heterocycles. The second-order valence-corrected chi connectivity index (χ2v) is 1.56. The van der Waals surface area contributed by atoms with Crippen LogP contribution in [0.4, 0.5) is 4.79 Å². The minimum atomic E-state index is -1.14. The normalized spacial score (nSPS) is 8.70. The number of hydrogen-bond donors (Lipinski definition) is 1. The lowest BCUT2D eigenvalue weighted by atomic mass is 10.5. The number of imidazole rings is 1. The van der Waals surface area contributed by atoms with Crippen molar-refractivity contribution in [2.75, 3.05) is 0 Å². The Morgan fingerprint density at radius 2 is 2.60 bits per heavy atom. The molecule has 0 saturated carbocycles. The van der Waals surface area contributed by atoms with Crippen LogP contribution in [0.25, 0.3) is 0 Å². The van der Waals surface area contributed by atoms with E-state index in [4.69, 9.17) is 10.4 Å². The molecule has 1 N–H and O–H groups in total. The van der Waals surface area contributed by atoms with E-state index in [9.17, 15) is 4.79 Å². The van der Waals surface area contributed by atoms with Crippen LogP contribution in [-0.2, 0) is 0 Å². The van der Waals surface area contributed by atoms with Crippen LogP contribution in [0.5, 0.6) is 0 Å². The van der Waals surface area contributed by atoms with Gasteiger partial charge in [0, 0.05) is 0 Å². The van der Waals surface area contributed by atoms with Crippen molar-refractivity contribution in [1.82, 2.24) is 9.55 Å². The van der Waals surface area contributed by atoms with Crippen LogP contribution < -0.4 is 0 Å². The van der Waals surface area contributed by atoms with Crippen LogP contribution >= 0.6 is 0 Å². The Hall–Kier alpha value is -1.83. The summed E-state index contributed by atoms with van der Waals surface area (Å²) >= 11 is 0. The molecule has 0 aromatic carbocycles. The van der Waals surface area contributed by atoms with E-state index < -0.39 is 6.09 Å². The van der Waals surface area contributed by atoms with Gasteiger partial charge in [0.1, 0.15) is 12.4 Å². The number of nitrogens with zero attached hydrogens (tertiary/aromatic N) is 3. The molecular weight excluding hydrogens is 134 g/mol. The molecule has 0 amide bonds. The van der Waals surface area contributed by atoms with Gasteiger partial charge in [0.15, 0.2) is 5.69 Å². The summed E-state index contributed by atoms with van der Waals surface area (Å²) in [7, 11) is 0. The van der Waals surface area contributed by atoms with E-state index in [1.54, 1.807) is 6.07 Å². The largest absolute Gasteiger partial charge is 0.464 e. The van der Waals surface area contributed by atoms with Crippen molar-refractivity contribution in [3.05, 3.63) is 18.2 Å². The fraction of sp³-hybridized carbons (Fsp3) is 0. The zero-order chi connectivity index (χ0) is 7.56. The molecule has 0 radical (unpaired) electrons. The maximum absolute atomic E-state index is 10.1. The van der Waals surface area contributed by atoms with Gasteiger partial charge < -0.3 is 5.11 Å². The van der Waals surface area contributed by atoms with Gasteiger partial charge in [-0.3, -0.25) is 0 Å². The number of carbonyl (C=O) groups is 1. The molecule has 0 unspecified atom stereocenters. The summed E-state index contributed by atoms with van der Waals surface area (Å²) in [6.07, 6.45) is 1.07. The minimum Gasteiger partial charge on any atom is -0.464 e. The molecule has 1 aromatic heterocycles. The van der Waals surface area contributed by atoms with Gasteiger partial charge in [-0.1, -0.05) is 0 Å². The molecule has 5 heteroatoms. The van der Waals surface area contributed by atoms with Crippen molar-refractivity contribution in [2.24, 2.45) is 0 Å². The predicted molar refractivity (Wildman–Crippen MR) is 30.4 cm³/mol. The second-order valence-electron chi connectivity index (χ2n) is 1.56. The Bertz CT molecular complexity index is 296. The Kier molecular flexibility index (Phi) is 1.38. The van der Waals surface area contributed by atoms with Crippen molar-refractivity contribution in [1.29, 1.82) is 5.26 Å². The number of nitriles is 1. The first-order chi connectivity index (χ1) is 4.74. The molecule has 1 aromatic rings. The molecule has 10 heavy (non-hydrogen) atoms. The summed E-state index contributed by atoms with van der Waals surface area (Å²) in [5.41, 5.74) is 0.0994. The van der Waals surface area contributed by atoms with E-state index in [1.807, 2.05) is 0 Å². The highest BCUT2D eigenvalue weighted by atomic mass is 16.4. The lowest BCUT2D eigenvalue weighted by Crippen LogP contribution is -2.03. The van der Waals surface area contributed by atoms with E-state index in [-0.39, 0.29) is 5.69 Å². The van der Waals surface area contributed by atoms with Crippen molar-refractivity contribution >= 4 is 6.09 Å². The molecule has 0 saturated heterocycles. The van der Waals surface area contributed by atoms with E-state index >= 15 is 0 Å². The van der Waals surface area contributed by atoms with Gasteiger partial charge in [-0.25, -0.2) is 14.3 Å². The molecule has 0 spiro atoms. The maximum Gasteiger partial charge on any atom is 0.416 e. The van der Waals surface area contributed by atoms with E-state index in [0.717, 1.165) is 17.1 Å². The first kappa shape index (κ1) is 6.29. The Labute approximate surface area is 56.1 Å². The average Bonchev–Trinajstić information content (AvgIpc) is 2.34. The standard InChI is InChI=1S/C5H3N3O2/c6-1-4-2-8(3-7-4)5(9)10/h2-3H,(H,9,10). The molecule has 0 bridgehead atoms. The third-order valence-electron chi connectivity index (χ3n) is 0.918. The van der Waals surface area contributed by atoms with Crippen LogP contribution in [0, 0.1) is 11.3 Å². The first-order valence-corrected chi connectivity index (χ1v) is 2.41. The van der Waals surface area contributed by atoms with Gasteiger partial charge in [0.05, 0.1) is 6.20 Å². The fourth-order valence-electron chi connectivity index (χ4n) is 0.485. The molecule has 5 nitrogen and oxygen atoms in total. The van der Waals surface area contributed by atoms with Crippen LogP contribution in [0.3, 0.4) is 0 Å². The number of rotatable bonds is 0. The van der Waals surface area contributed by atoms with Crippen molar-refractivity contribution < 1.29 is 9.90 Å². The number of hydrogen-bond acceptors (Lipinski definition) is 3. The molecule has 0 atom stereocenters. The molecule has 0 aliphatic rings. The summed E-state index contributed by atoms with van der Waals surface area (Å²) in [4.78, 5) is 13.6. The Morgan fingerprint density at radius 1 is 1.90 bits per heavy atom. The minimum absolute atomic E-state index is 0.0994. The zero-order valence-electron chi connectivity index (χ0n) is 4.85. The maximum atomic E-state index is 10.1. The smallest absolute Gasteiger partial charge is 0.416 e. The summed E-state index contributed by atoms with van der Waals surface area (Å²) < 4.78 is 0.818. The molecular formula is C5H3N3O2. The Balaban J connectivity index is 3.02. The SMILES string of the molecule is N#Cc1cn(C(=O)O)cn1. The molecule has 1 rings (SSSR count). The van der Waals surface area contributed by atoms with Gasteiger partial charge in [-0.15, -0.1) is 0 Å². The van der Waals surface area contributed by atoms with E-state index in [0.29, 0.717) is 0 Å². The molecule has 0 fully saturated rings. The van der Waals surface area contributed by atoms with Gasteiger partial charge in [0.25, 0.3) is 0 Å². The quantitative estimate of drug-likeness (QED) is 0.557. The highest BCUT2D eigenvalue weighted by Gasteiger charge is 2.01.